The van der Waals surface area contributed by atoms with E-state index in [1.807, 2.05) is 0 Å². The van der Waals surface area contributed by atoms with Crippen molar-refractivity contribution >= 4 is 17.6 Å². The molecule has 0 saturated heterocycles. The minimum Gasteiger partial charge on any atom is -0.465 e. The van der Waals surface area contributed by atoms with Crippen LogP contribution in [0, 0.1) is 5.82 Å². The van der Waals surface area contributed by atoms with Crippen LogP contribution < -0.4 is 5.56 Å². The highest BCUT2D eigenvalue weighted by Crippen LogP contribution is 2.24. The number of nitrogens with zero attached hydrogens (tertiary/aromatic N) is 1. The Morgan fingerprint density at radius 1 is 1.47 bits per heavy atom. The molecule has 98 valence electrons. The van der Waals surface area contributed by atoms with Gasteiger partial charge in [-0.2, -0.15) is 0 Å². The molecule has 2 rings (SSSR count). The maximum atomic E-state index is 12.9. The molecule has 0 atom stereocenters. The normalized spacial score (nSPS) is 10.3. The summed E-state index contributed by atoms with van der Waals surface area (Å²) >= 11 is 5.85. The molecule has 0 radical (unpaired) electrons. The average Bonchev–Trinajstić information content (AvgIpc) is 2.37. The fourth-order valence-electron chi connectivity index (χ4n) is 1.47. The summed E-state index contributed by atoms with van der Waals surface area (Å²) in [6.07, 6.45) is 1.08. The zero-order valence-electron chi connectivity index (χ0n) is 9.74. The van der Waals surface area contributed by atoms with Crippen LogP contribution in [0.3, 0.4) is 0 Å². The number of nitrogens with one attached hydrogen (secondary N) is 1. The van der Waals surface area contributed by atoms with Gasteiger partial charge >= 0.3 is 5.97 Å². The lowest BCUT2D eigenvalue weighted by Gasteiger charge is -2.04. The lowest BCUT2D eigenvalue weighted by Crippen LogP contribution is -2.20. The van der Waals surface area contributed by atoms with Crippen LogP contribution in [0.2, 0.25) is 5.02 Å². The van der Waals surface area contributed by atoms with Gasteiger partial charge in [0.1, 0.15) is 17.2 Å². The van der Waals surface area contributed by atoms with E-state index in [0.29, 0.717) is 5.56 Å². The SMILES string of the molecule is COC(=O)c1cnc(-c2ccc(F)cc2Cl)[nH]c1=O. The van der Waals surface area contributed by atoms with E-state index in [0.717, 1.165) is 19.4 Å². The molecule has 19 heavy (non-hydrogen) atoms. The van der Waals surface area contributed by atoms with E-state index >= 15 is 0 Å². The molecule has 1 aromatic carbocycles. The van der Waals surface area contributed by atoms with Crippen molar-refractivity contribution in [2.75, 3.05) is 7.11 Å². The van der Waals surface area contributed by atoms with Crippen molar-refractivity contribution in [1.29, 1.82) is 0 Å². The van der Waals surface area contributed by atoms with Crippen molar-refractivity contribution < 1.29 is 13.9 Å². The molecule has 0 spiro atoms. The van der Waals surface area contributed by atoms with Gasteiger partial charge in [0, 0.05) is 11.8 Å². The number of carbonyl (C=O) groups is 1. The minimum atomic E-state index is -0.787. The molecule has 0 aliphatic heterocycles. The van der Waals surface area contributed by atoms with E-state index in [-0.39, 0.29) is 16.4 Å². The zero-order valence-corrected chi connectivity index (χ0v) is 10.5. The van der Waals surface area contributed by atoms with E-state index in [4.69, 9.17) is 11.6 Å². The van der Waals surface area contributed by atoms with E-state index in [2.05, 4.69) is 14.7 Å². The summed E-state index contributed by atoms with van der Waals surface area (Å²) in [5.41, 5.74) is -0.515. The summed E-state index contributed by atoms with van der Waals surface area (Å²) in [4.78, 5) is 29.2. The Kier molecular flexibility index (Phi) is 3.62. The van der Waals surface area contributed by atoms with Crippen LogP contribution in [0.4, 0.5) is 4.39 Å². The van der Waals surface area contributed by atoms with Crippen molar-refractivity contribution in [2.24, 2.45) is 0 Å². The number of esters is 1. The Bertz CT molecular complexity index is 700. The third-order valence-electron chi connectivity index (χ3n) is 2.39. The first-order chi connectivity index (χ1) is 9.02. The van der Waals surface area contributed by atoms with Crippen molar-refractivity contribution in [3.05, 3.63) is 51.2 Å². The Hall–Kier alpha value is -2.21. The first kappa shape index (κ1) is 13.2. The number of ether oxygens (including phenoxy) is 1. The number of hydrogen-bond donors (Lipinski definition) is 1. The number of rotatable bonds is 2. The molecular formula is C12H8ClFN2O3. The molecule has 1 heterocycles. The largest absolute Gasteiger partial charge is 0.465 e. The average molecular weight is 283 g/mol. The molecule has 2 aromatic rings. The number of carbonyl (C=O) groups excluding carboxylic acids is 1. The Labute approximate surface area is 112 Å². The second-order valence-electron chi connectivity index (χ2n) is 3.59. The topological polar surface area (TPSA) is 72.0 Å². The van der Waals surface area contributed by atoms with Gasteiger partial charge in [0.2, 0.25) is 0 Å². The summed E-state index contributed by atoms with van der Waals surface area (Å²) in [6.45, 7) is 0. The van der Waals surface area contributed by atoms with Crippen LogP contribution >= 0.6 is 11.6 Å². The van der Waals surface area contributed by atoms with Gasteiger partial charge in [-0.1, -0.05) is 11.6 Å². The zero-order chi connectivity index (χ0) is 14.0. The number of methoxy groups -OCH3 is 1. The van der Waals surface area contributed by atoms with Crippen LogP contribution in [0.5, 0.6) is 0 Å². The third kappa shape index (κ3) is 2.63. The first-order valence-corrected chi connectivity index (χ1v) is 5.54. The molecule has 0 aliphatic rings. The molecule has 0 fully saturated rings. The van der Waals surface area contributed by atoms with Gasteiger partial charge in [0.15, 0.2) is 0 Å². The molecule has 1 N–H and O–H groups in total. The minimum absolute atomic E-state index is 0.106. The Morgan fingerprint density at radius 3 is 2.79 bits per heavy atom. The molecular weight excluding hydrogens is 275 g/mol. The maximum Gasteiger partial charge on any atom is 0.345 e. The fraction of sp³-hybridized carbons (Fsp3) is 0.0833. The predicted octanol–water partition coefficient (Wildman–Crippen LogP) is 2.02. The molecule has 7 heteroatoms. The molecule has 0 saturated carbocycles. The number of aromatic nitrogens is 2. The summed E-state index contributed by atoms with van der Waals surface area (Å²) in [7, 11) is 1.16. The number of aromatic amines is 1. The first-order valence-electron chi connectivity index (χ1n) is 5.16. The van der Waals surface area contributed by atoms with Gasteiger partial charge in [-0.25, -0.2) is 14.2 Å². The van der Waals surface area contributed by atoms with Gasteiger partial charge in [-0.15, -0.1) is 0 Å². The summed E-state index contributed by atoms with van der Waals surface area (Å²) in [5.74, 6) is -1.14. The number of H-pyrrole nitrogens is 1. The molecule has 5 nitrogen and oxygen atoms in total. The van der Waals surface area contributed by atoms with E-state index in [9.17, 15) is 14.0 Å². The van der Waals surface area contributed by atoms with Crippen molar-refractivity contribution in [1.82, 2.24) is 9.97 Å². The lowest BCUT2D eigenvalue weighted by molar-refractivity contribution is 0.0598. The number of benzene rings is 1. The Morgan fingerprint density at radius 2 is 2.21 bits per heavy atom. The highest BCUT2D eigenvalue weighted by Gasteiger charge is 2.14. The van der Waals surface area contributed by atoms with E-state index in [1.165, 1.54) is 12.1 Å². The van der Waals surface area contributed by atoms with Crippen LogP contribution in [-0.4, -0.2) is 23.0 Å². The second kappa shape index (κ2) is 5.19. The fourth-order valence-corrected chi connectivity index (χ4v) is 1.73. The van der Waals surface area contributed by atoms with Crippen molar-refractivity contribution in [3.63, 3.8) is 0 Å². The van der Waals surface area contributed by atoms with E-state index in [1.54, 1.807) is 0 Å². The molecule has 0 aliphatic carbocycles. The molecule has 1 aromatic heterocycles. The maximum absolute atomic E-state index is 12.9. The van der Waals surface area contributed by atoms with Crippen LogP contribution in [0.15, 0.2) is 29.2 Å². The highest BCUT2D eigenvalue weighted by molar-refractivity contribution is 6.33. The smallest absolute Gasteiger partial charge is 0.345 e. The number of halogens is 2. The van der Waals surface area contributed by atoms with Crippen LogP contribution in [0.1, 0.15) is 10.4 Å². The van der Waals surface area contributed by atoms with Gasteiger partial charge < -0.3 is 9.72 Å². The van der Waals surface area contributed by atoms with Gasteiger partial charge in [0.05, 0.1) is 12.1 Å². The quantitative estimate of drug-likeness (QED) is 0.855. The van der Waals surface area contributed by atoms with Gasteiger partial charge in [0.25, 0.3) is 5.56 Å². The second-order valence-corrected chi connectivity index (χ2v) is 4.00. The van der Waals surface area contributed by atoms with Gasteiger partial charge in [-0.05, 0) is 18.2 Å². The predicted molar refractivity (Wildman–Crippen MR) is 66.6 cm³/mol. The molecule has 0 bridgehead atoms. The standard InChI is InChI=1S/C12H8ClFN2O3/c1-19-12(18)8-5-15-10(16-11(8)17)7-3-2-6(14)4-9(7)13/h2-5H,1H3,(H,15,16,17). The molecule has 0 amide bonds. The van der Waals surface area contributed by atoms with Crippen LogP contribution in [0.25, 0.3) is 11.4 Å². The summed E-state index contributed by atoms with van der Waals surface area (Å²) < 4.78 is 17.3. The summed E-state index contributed by atoms with van der Waals surface area (Å²) in [5, 5.41) is 0.106. The van der Waals surface area contributed by atoms with Crippen molar-refractivity contribution in [3.8, 4) is 11.4 Å². The lowest BCUT2D eigenvalue weighted by atomic mass is 10.2. The van der Waals surface area contributed by atoms with Gasteiger partial charge in [-0.3, -0.25) is 4.79 Å². The van der Waals surface area contributed by atoms with Crippen LogP contribution in [-0.2, 0) is 4.74 Å². The highest BCUT2D eigenvalue weighted by atomic mass is 35.5. The van der Waals surface area contributed by atoms with E-state index < -0.39 is 17.3 Å². The number of hydrogen-bond acceptors (Lipinski definition) is 4. The Balaban J connectivity index is 2.50. The van der Waals surface area contributed by atoms with Crippen molar-refractivity contribution in [2.45, 2.75) is 0 Å². The monoisotopic (exact) mass is 282 g/mol. The third-order valence-corrected chi connectivity index (χ3v) is 2.70. The molecule has 0 unspecified atom stereocenters. The summed E-state index contributed by atoms with van der Waals surface area (Å²) in [6, 6.07) is 3.67.